The van der Waals surface area contributed by atoms with Gasteiger partial charge in [-0.05, 0) is 38.2 Å². The Balaban J connectivity index is 1.67. The van der Waals surface area contributed by atoms with Gasteiger partial charge in [0.2, 0.25) is 5.91 Å². The highest BCUT2D eigenvalue weighted by Crippen LogP contribution is 2.12. The van der Waals surface area contributed by atoms with Gasteiger partial charge in [0.05, 0.1) is 17.9 Å². The smallest absolute Gasteiger partial charge is 0.239 e. The van der Waals surface area contributed by atoms with Crippen molar-refractivity contribution < 1.29 is 13.9 Å². The van der Waals surface area contributed by atoms with Crippen LogP contribution in [0.15, 0.2) is 24.3 Å². The molecular formula is C16H23FN4O2S. The molecule has 2 rings (SSSR count). The SMILES string of the molecule is C[C@@H]1CN(CCC(=O)NNC(=S)Nc2ccccc2F)C[C@@H](C)O1. The van der Waals surface area contributed by atoms with Crippen LogP contribution in [0.1, 0.15) is 20.3 Å². The van der Waals surface area contributed by atoms with E-state index >= 15 is 0 Å². The molecule has 132 valence electrons. The highest BCUT2D eigenvalue weighted by molar-refractivity contribution is 7.80. The van der Waals surface area contributed by atoms with Crippen LogP contribution in [-0.4, -0.2) is 47.8 Å². The lowest BCUT2D eigenvalue weighted by molar-refractivity contribution is -0.123. The summed E-state index contributed by atoms with van der Waals surface area (Å²) in [5, 5.41) is 2.81. The molecule has 1 aromatic rings. The second-order valence-corrected chi connectivity index (χ2v) is 6.28. The fourth-order valence-corrected chi connectivity index (χ4v) is 2.79. The van der Waals surface area contributed by atoms with E-state index < -0.39 is 5.82 Å². The van der Waals surface area contributed by atoms with Crippen molar-refractivity contribution >= 4 is 28.9 Å². The third-order valence-corrected chi connectivity index (χ3v) is 3.79. The molecule has 2 atom stereocenters. The average molecular weight is 354 g/mol. The highest BCUT2D eigenvalue weighted by Gasteiger charge is 2.22. The molecule has 3 N–H and O–H groups in total. The van der Waals surface area contributed by atoms with E-state index in [4.69, 9.17) is 17.0 Å². The summed E-state index contributed by atoms with van der Waals surface area (Å²) in [4.78, 5) is 14.1. The fraction of sp³-hybridized carbons (Fsp3) is 0.500. The van der Waals surface area contributed by atoms with Crippen LogP contribution in [0.5, 0.6) is 0 Å². The van der Waals surface area contributed by atoms with Gasteiger partial charge in [0, 0.05) is 26.1 Å². The summed E-state index contributed by atoms with van der Waals surface area (Å²) >= 11 is 5.02. The molecule has 1 aliphatic heterocycles. The molecule has 6 nitrogen and oxygen atoms in total. The first-order valence-corrected chi connectivity index (χ1v) is 8.33. The summed E-state index contributed by atoms with van der Waals surface area (Å²) < 4.78 is 19.1. The van der Waals surface area contributed by atoms with Crippen LogP contribution in [0, 0.1) is 5.82 Å². The van der Waals surface area contributed by atoms with E-state index in [1.165, 1.54) is 6.07 Å². The topological polar surface area (TPSA) is 65.6 Å². The number of ether oxygens (including phenoxy) is 1. The number of carbonyl (C=O) groups is 1. The van der Waals surface area contributed by atoms with Gasteiger partial charge < -0.3 is 10.1 Å². The van der Waals surface area contributed by atoms with Gasteiger partial charge in [-0.2, -0.15) is 0 Å². The molecule has 1 saturated heterocycles. The van der Waals surface area contributed by atoms with Crippen LogP contribution in [0.25, 0.3) is 0 Å². The van der Waals surface area contributed by atoms with Gasteiger partial charge in [-0.25, -0.2) is 4.39 Å². The second-order valence-electron chi connectivity index (χ2n) is 5.87. The number of benzene rings is 1. The molecule has 24 heavy (non-hydrogen) atoms. The number of halogens is 1. The van der Waals surface area contributed by atoms with Crippen LogP contribution < -0.4 is 16.2 Å². The van der Waals surface area contributed by atoms with Crippen LogP contribution in [0.3, 0.4) is 0 Å². The summed E-state index contributed by atoms with van der Waals surface area (Å²) in [6, 6.07) is 6.17. The molecule has 1 aliphatic rings. The summed E-state index contributed by atoms with van der Waals surface area (Å²) in [7, 11) is 0. The highest BCUT2D eigenvalue weighted by atomic mass is 32.1. The van der Waals surface area contributed by atoms with Crippen molar-refractivity contribution in [3.8, 4) is 0 Å². The minimum absolute atomic E-state index is 0.127. The maximum atomic E-state index is 13.5. The van der Waals surface area contributed by atoms with Crippen molar-refractivity contribution in [1.29, 1.82) is 0 Å². The minimum atomic E-state index is -0.413. The summed E-state index contributed by atoms with van der Waals surface area (Å²) in [6.07, 6.45) is 0.689. The second kappa shape index (κ2) is 8.91. The largest absolute Gasteiger partial charge is 0.373 e. The molecule has 0 saturated carbocycles. The zero-order valence-corrected chi connectivity index (χ0v) is 14.7. The minimum Gasteiger partial charge on any atom is -0.373 e. The van der Waals surface area contributed by atoms with Crippen molar-refractivity contribution in [2.45, 2.75) is 32.5 Å². The van der Waals surface area contributed by atoms with Gasteiger partial charge in [0.25, 0.3) is 0 Å². The Hall–Kier alpha value is -1.77. The van der Waals surface area contributed by atoms with Gasteiger partial charge in [0.15, 0.2) is 5.11 Å². The standard InChI is InChI=1S/C16H23FN4O2S/c1-11-9-21(10-12(2)23-11)8-7-15(22)19-20-16(24)18-14-6-4-3-5-13(14)17/h3-6,11-12H,7-10H2,1-2H3,(H,19,22)(H2,18,20,24)/t11-,12-/m1/s1. The first-order chi connectivity index (χ1) is 11.4. The maximum absolute atomic E-state index is 13.5. The van der Waals surface area contributed by atoms with Gasteiger partial charge >= 0.3 is 0 Å². The van der Waals surface area contributed by atoms with E-state index in [9.17, 15) is 9.18 Å². The van der Waals surface area contributed by atoms with Crippen LogP contribution >= 0.6 is 12.2 Å². The predicted molar refractivity (Wildman–Crippen MR) is 95.0 cm³/mol. The number of para-hydroxylation sites is 1. The molecule has 0 aromatic heterocycles. The molecule has 1 heterocycles. The molecule has 1 amide bonds. The Kier molecular flexibility index (Phi) is 6.89. The van der Waals surface area contributed by atoms with E-state index in [2.05, 4.69) is 21.1 Å². The quantitative estimate of drug-likeness (QED) is 0.564. The van der Waals surface area contributed by atoms with E-state index in [0.29, 0.717) is 13.0 Å². The normalized spacial score (nSPS) is 21.1. The van der Waals surface area contributed by atoms with E-state index in [1.54, 1.807) is 18.2 Å². The molecule has 0 bridgehead atoms. The molecule has 0 radical (unpaired) electrons. The van der Waals surface area contributed by atoms with Gasteiger partial charge in [-0.1, -0.05) is 12.1 Å². The van der Waals surface area contributed by atoms with Gasteiger partial charge in [-0.15, -0.1) is 0 Å². The number of anilines is 1. The molecule has 0 unspecified atom stereocenters. The van der Waals surface area contributed by atoms with E-state index in [1.807, 2.05) is 13.8 Å². The number of hydrogen-bond acceptors (Lipinski definition) is 4. The average Bonchev–Trinajstić information content (AvgIpc) is 2.52. The monoisotopic (exact) mass is 354 g/mol. The molecular weight excluding hydrogens is 331 g/mol. The van der Waals surface area contributed by atoms with Crippen LogP contribution in [0.2, 0.25) is 0 Å². The molecule has 8 heteroatoms. The third kappa shape index (κ3) is 6.03. The number of amides is 1. The van der Waals surface area contributed by atoms with Crippen LogP contribution in [-0.2, 0) is 9.53 Å². The van der Waals surface area contributed by atoms with E-state index in [0.717, 1.165) is 13.1 Å². The Morgan fingerprint density at radius 2 is 1.96 bits per heavy atom. The number of carbonyl (C=O) groups excluding carboxylic acids is 1. The first-order valence-electron chi connectivity index (χ1n) is 7.92. The van der Waals surface area contributed by atoms with Gasteiger partial charge in [0.1, 0.15) is 5.82 Å². The zero-order chi connectivity index (χ0) is 17.5. The number of nitrogens with one attached hydrogen (secondary N) is 3. The molecule has 1 fully saturated rings. The number of hydrazine groups is 1. The molecule has 1 aromatic carbocycles. The Morgan fingerprint density at radius 3 is 2.62 bits per heavy atom. The Morgan fingerprint density at radius 1 is 1.29 bits per heavy atom. The molecule has 0 aliphatic carbocycles. The number of morpholine rings is 1. The third-order valence-electron chi connectivity index (χ3n) is 3.59. The Labute approximate surface area is 146 Å². The van der Waals surface area contributed by atoms with Crippen molar-refractivity contribution in [3.05, 3.63) is 30.1 Å². The maximum Gasteiger partial charge on any atom is 0.239 e. The summed E-state index contributed by atoms with van der Waals surface area (Å²) in [5.74, 6) is -0.594. The first kappa shape index (κ1) is 18.6. The summed E-state index contributed by atoms with van der Waals surface area (Å²) in [5.41, 5.74) is 5.34. The lowest BCUT2D eigenvalue weighted by atomic mass is 10.2. The zero-order valence-electron chi connectivity index (χ0n) is 13.8. The Bertz CT molecular complexity index is 577. The lowest BCUT2D eigenvalue weighted by Crippen LogP contribution is -2.48. The number of hydrogen-bond donors (Lipinski definition) is 3. The van der Waals surface area contributed by atoms with Crippen LogP contribution in [0.4, 0.5) is 10.1 Å². The van der Waals surface area contributed by atoms with Crippen molar-refractivity contribution in [2.75, 3.05) is 25.0 Å². The van der Waals surface area contributed by atoms with Crippen molar-refractivity contribution in [2.24, 2.45) is 0 Å². The number of thiocarbonyl (C=S) groups is 1. The molecule has 0 spiro atoms. The predicted octanol–water partition coefficient (Wildman–Crippen LogP) is 1.64. The van der Waals surface area contributed by atoms with E-state index in [-0.39, 0.29) is 28.9 Å². The lowest BCUT2D eigenvalue weighted by Gasteiger charge is -2.35. The van der Waals surface area contributed by atoms with Crippen molar-refractivity contribution in [3.63, 3.8) is 0 Å². The fourth-order valence-electron chi connectivity index (χ4n) is 2.63. The number of nitrogens with zero attached hydrogens (tertiary/aromatic N) is 1. The number of rotatable bonds is 4. The van der Waals surface area contributed by atoms with Crippen molar-refractivity contribution in [1.82, 2.24) is 15.8 Å². The van der Waals surface area contributed by atoms with Gasteiger partial charge in [-0.3, -0.25) is 20.5 Å². The summed E-state index contributed by atoms with van der Waals surface area (Å²) in [6.45, 7) is 6.34.